The molecule has 1 aromatic carbocycles. The highest BCUT2D eigenvalue weighted by Gasteiger charge is 2.41. The molecule has 0 bridgehead atoms. The standard InChI is InChI=1S/C11H11NO3/c1-7(13)10-6-11(10)8-3-2-4-9(5-8)12(14)15/h2-5,10-11H,6H2,1H3. The average Bonchev–Trinajstić information content (AvgIpc) is 2.97. The molecule has 1 aromatic rings. The molecule has 0 aliphatic heterocycles. The molecule has 0 saturated heterocycles. The summed E-state index contributed by atoms with van der Waals surface area (Å²) >= 11 is 0. The summed E-state index contributed by atoms with van der Waals surface area (Å²) in [5.74, 6) is 0.445. The summed E-state index contributed by atoms with van der Waals surface area (Å²) in [7, 11) is 0. The highest BCUT2D eigenvalue weighted by atomic mass is 16.6. The van der Waals surface area contributed by atoms with Gasteiger partial charge in [-0.1, -0.05) is 12.1 Å². The maximum atomic E-state index is 11.1. The Hall–Kier alpha value is -1.71. The SMILES string of the molecule is CC(=O)C1CC1c1cccc([N+](=O)[O-])c1. The average molecular weight is 205 g/mol. The fourth-order valence-electron chi connectivity index (χ4n) is 1.88. The third-order valence-corrected chi connectivity index (χ3v) is 2.82. The van der Waals surface area contributed by atoms with Crippen molar-refractivity contribution >= 4 is 11.5 Å². The number of non-ortho nitro benzene ring substituents is 1. The Morgan fingerprint density at radius 2 is 2.27 bits per heavy atom. The van der Waals surface area contributed by atoms with Gasteiger partial charge in [-0.3, -0.25) is 14.9 Å². The number of nitrogens with zero attached hydrogens (tertiary/aromatic N) is 1. The van der Waals surface area contributed by atoms with Crippen LogP contribution in [0.1, 0.15) is 24.8 Å². The predicted octanol–water partition coefficient (Wildman–Crippen LogP) is 2.29. The summed E-state index contributed by atoms with van der Waals surface area (Å²) in [4.78, 5) is 21.2. The molecule has 0 spiro atoms. The second-order valence-corrected chi connectivity index (χ2v) is 3.91. The molecular formula is C11H11NO3. The Bertz CT molecular complexity index is 428. The van der Waals surface area contributed by atoms with Gasteiger partial charge in [-0.25, -0.2) is 0 Å². The van der Waals surface area contributed by atoms with Crippen molar-refractivity contribution in [2.24, 2.45) is 5.92 Å². The van der Waals surface area contributed by atoms with Gasteiger partial charge in [0.05, 0.1) is 4.92 Å². The van der Waals surface area contributed by atoms with E-state index in [4.69, 9.17) is 0 Å². The van der Waals surface area contributed by atoms with Gasteiger partial charge in [0.25, 0.3) is 5.69 Å². The lowest BCUT2D eigenvalue weighted by molar-refractivity contribution is -0.384. The molecule has 1 aliphatic rings. The first-order valence-corrected chi connectivity index (χ1v) is 4.84. The summed E-state index contributed by atoms with van der Waals surface area (Å²) < 4.78 is 0. The van der Waals surface area contributed by atoms with Crippen molar-refractivity contribution in [3.8, 4) is 0 Å². The second-order valence-electron chi connectivity index (χ2n) is 3.91. The minimum atomic E-state index is -0.408. The Balaban J connectivity index is 2.20. The number of Topliss-reactive ketones (excluding diaryl/α,β-unsaturated/α-hetero) is 1. The van der Waals surface area contributed by atoms with E-state index in [-0.39, 0.29) is 23.3 Å². The van der Waals surface area contributed by atoms with Crippen LogP contribution in [0.3, 0.4) is 0 Å². The second kappa shape index (κ2) is 3.46. The summed E-state index contributed by atoms with van der Waals surface area (Å²) in [6, 6.07) is 6.55. The Morgan fingerprint density at radius 1 is 1.53 bits per heavy atom. The first kappa shape index (κ1) is 9.83. The molecule has 0 amide bonds. The minimum absolute atomic E-state index is 0.0759. The van der Waals surface area contributed by atoms with Gasteiger partial charge in [0.2, 0.25) is 0 Å². The molecule has 1 aliphatic carbocycles. The number of benzene rings is 1. The van der Waals surface area contributed by atoms with Crippen molar-refractivity contribution in [2.45, 2.75) is 19.3 Å². The van der Waals surface area contributed by atoms with Crippen LogP contribution >= 0.6 is 0 Å². The van der Waals surface area contributed by atoms with Crippen molar-refractivity contribution in [3.05, 3.63) is 39.9 Å². The summed E-state index contributed by atoms with van der Waals surface area (Å²) in [5, 5.41) is 10.6. The van der Waals surface area contributed by atoms with Crippen LogP contribution in [0.5, 0.6) is 0 Å². The Labute approximate surface area is 87.1 Å². The maximum absolute atomic E-state index is 11.1. The molecule has 1 fully saturated rings. The van der Waals surface area contributed by atoms with Gasteiger partial charge < -0.3 is 0 Å². The number of carbonyl (C=O) groups is 1. The van der Waals surface area contributed by atoms with E-state index in [1.54, 1.807) is 19.1 Å². The number of nitro benzene ring substituents is 1. The lowest BCUT2D eigenvalue weighted by Gasteiger charge is -1.98. The smallest absolute Gasteiger partial charge is 0.269 e. The first-order valence-electron chi connectivity index (χ1n) is 4.84. The van der Waals surface area contributed by atoms with Crippen LogP contribution in [0.4, 0.5) is 5.69 Å². The molecule has 15 heavy (non-hydrogen) atoms. The number of hydrogen-bond donors (Lipinski definition) is 0. The van der Waals surface area contributed by atoms with E-state index in [1.807, 2.05) is 6.07 Å². The maximum Gasteiger partial charge on any atom is 0.269 e. The van der Waals surface area contributed by atoms with E-state index in [9.17, 15) is 14.9 Å². The molecule has 4 nitrogen and oxygen atoms in total. The van der Waals surface area contributed by atoms with E-state index in [0.29, 0.717) is 0 Å². The molecule has 0 N–H and O–H groups in total. The zero-order valence-electron chi connectivity index (χ0n) is 8.34. The summed E-state index contributed by atoms with van der Waals surface area (Å²) in [5.41, 5.74) is 1.01. The molecule has 1 saturated carbocycles. The summed E-state index contributed by atoms with van der Waals surface area (Å²) in [6.45, 7) is 1.57. The van der Waals surface area contributed by atoms with E-state index in [1.165, 1.54) is 6.07 Å². The molecule has 4 heteroatoms. The van der Waals surface area contributed by atoms with Crippen LogP contribution in [0.15, 0.2) is 24.3 Å². The minimum Gasteiger partial charge on any atom is -0.300 e. The molecule has 2 unspecified atom stereocenters. The third-order valence-electron chi connectivity index (χ3n) is 2.82. The largest absolute Gasteiger partial charge is 0.300 e. The molecular weight excluding hydrogens is 194 g/mol. The van der Waals surface area contributed by atoms with Gasteiger partial charge in [-0.15, -0.1) is 0 Å². The number of ketones is 1. The first-order chi connectivity index (χ1) is 7.09. The molecule has 0 aromatic heterocycles. The van der Waals surface area contributed by atoms with Gasteiger partial charge >= 0.3 is 0 Å². The topological polar surface area (TPSA) is 60.2 Å². The van der Waals surface area contributed by atoms with Crippen molar-refractivity contribution < 1.29 is 9.72 Å². The van der Waals surface area contributed by atoms with Crippen molar-refractivity contribution in [1.82, 2.24) is 0 Å². The number of rotatable bonds is 3. The van der Waals surface area contributed by atoms with Crippen LogP contribution in [-0.2, 0) is 4.79 Å². The molecule has 0 heterocycles. The predicted molar refractivity (Wildman–Crippen MR) is 54.6 cm³/mol. The van der Waals surface area contributed by atoms with Crippen molar-refractivity contribution in [1.29, 1.82) is 0 Å². The van der Waals surface area contributed by atoms with Crippen molar-refractivity contribution in [3.63, 3.8) is 0 Å². The highest BCUT2D eigenvalue weighted by Crippen LogP contribution is 2.48. The number of nitro groups is 1. The summed E-state index contributed by atoms with van der Waals surface area (Å²) in [6.07, 6.45) is 0.830. The number of carbonyl (C=O) groups excluding carboxylic acids is 1. The molecule has 78 valence electrons. The van der Waals surface area contributed by atoms with Crippen LogP contribution < -0.4 is 0 Å². The van der Waals surface area contributed by atoms with E-state index < -0.39 is 4.92 Å². The zero-order valence-corrected chi connectivity index (χ0v) is 8.34. The number of hydrogen-bond acceptors (Lipinski definition) is 3. The van der Waals surface area contributed by atoms with Gasteiger partial charge in [-0.05, 0) is 24.8 Å². The monoisotopic (exact) mass is 205 g/mol. The normalized spacial score (nSPS) is 23.5. The quantitative estimate of drug-likeness (QED) is 0.561. The zero-order chi connectivity index (χ0) is 11.0. The van der Waals surface area contributed by atoms with E-state index in [2.05, 4.69) is 0 Å². The van der Waals surface area contributed by atoms with Gasteiger partial charge in [0.1, 0.15) is 5.78 Å². The van der Waals surface area contributed by atoms with E-state index >= 15 is 0 Å². The Morgan fingerprint density at radius 3 is 2.80 bits per heavy atom. The van der Waals surface area contributed by atoms with Crippen molar-refractivity contribution in [2.75, 3.05) is 0 Å². The lowest BCUT2D eigenvalue weighted by Crippen LogP contribution is -1.95. The Kier molecular flexibility index (Phi) is 2.26. The van der Waals surface area contributed by atoms with Crippen LogP contribution in [-0.4, -0.2) is 10.7 Å². The van der Waals surface area contributed by atoms with Gasteiger partial charge in [-0.2, -0.15) is 0 Å². The lowest BCUT2D eigenvalue weighted by atomic mass is 10.1. The molecule has 2 rings (SSSR count). The molecule has 0 radical (unpaired) electrons. The fourth-order valence-corrected chi connectivity index (χ4v) is 1.88. The van der Waals surface area contributed by atoms with Gasteiger partial charge in [0, 0.05) is 18.1 Å². The van der Waals surface area contributed by atoms with Crippen LogP contribution in [0, 0.1) is 16.0 Å². The third kappa shape index (κ3) is 1.88. The van der Waals surface area contributed by atoms with E-state index in [0.717, 1.165) is 12.0 Å². The van der Waals surface area contributed by atoms with Crippen LogP contribution in [0.25, 0.3) is 0 Å². The fraction of sp³-hybridized carbons (Fsp3) is 0.364. The molecule has 2 atom stereocenters. The van der Waals surface area contributed by atoms with Crippen LogP contribution in [0.2, 0.25) is 0 Å². The highest BCUT2D eigenvalue weighted by molar-refractivity contribution is 5.82. The van der Waals surface area contributed by atoms with Gasteiger partial charge in [0.15, 0.2) is 0 Å².